The smallest absolute Gasteiger partial charge is 0.107 e. The summed E-state index contributed by atoms with van der Waals surface area (Å²) in [6.45, 7) is 2.21. The number of hydrogen-bond acceptors (Lipinski definition) is 1. The van der Waals surface area contributed by atoms with E-state index >= 15 is 0 Å². The lowest BCUT2D eigenvalue weighted by atomic mass is 9.72. The van der Waals surface area contributed by atoms with Gasteiger partial charge in [0.05, 0.1) is 6.07 Å². The van der Waals surface area contributed by atoms with Crippen LogP contribution >= 0.6 is 0 Å². The van der Waals surface area contributed by atoms with Gasteiger partial charge in [0.15, 0.2) is 0 Å². The van der Waals surface area contributed by atoms with Gasteiger partial charge in [-0.1, -0.05) is 93.3 Å². The van der Waals surface area contributed by atoms with Crippen LogP contribution in [0, 0.1) is 11.3 Å². The molecule has 0 spiro atoms. The highest BCUT2D eigenvalue weighted by atomic mass is 14.4. The molecule has 2 aromatic carbocycles. The van der Waals surface area contributed by atoms with E-state index in [0.29, 0.717) is 0 Å². The standard InChI is InChI=1S/C20H23N/c1-2-3-4-11-16-20(17-21,18-12-7-5-8-13-18)19-14-9-6-10-15-19/h5-10,12-15H,2-4,11,16H2,1H3. The molecule has 21 heavy (non-hydrogen) atoms. The minimum atomic E-state index is -0.518. The SMILES string of the molecule is CCCCCCC(C#N)(c1ccccc1)c1ccccc1. The highest BCUT2D eigenvalue weighted by Gasteiger charge is 2.33. The van der Waals surface area contributed by atoms with Crippen molar-refractivity contribution in [1.29, 1.82) is 5.26 Å². The molecule has 2 aromatic rings. The first kappa shape index (κ1) is 15.3. The van der Waals surface area contributed by atoms with Crippen LogP contribution in [0.5, 0.6) is 0 Å². The third-order valence-corrected chi connectivity index (χ3v) is 4.13. The van der Waals surface area contributed by atoms with Crippen LogP contribution in [0.3, 0.4) is 0 Å². The second kappa shape index (κ2) is 7.64. The summed E-state index contributed by atoms with van der Waals surface area (Å²) < 4.78 is 0. The Morgan fingerprint density at radius 3 is 1.76 bits per heavy atom. The van der Waals surface area contributed by atoms with Gasteiger partial charge in [-0.2, -0.15) is 5.26 Å². The van der Waals surface area contributed by atoms with Crippen LogP contribution in [-0.4, -0.2) is 0 Å². The maximum atomic E-state index is 9.99. The maximum absolute atomic E-state index is 9.99. The lowest BCUT2D eigenvalue weighted by Gasteiger charge is -2.28. The van der Waals surface area contributed by atoms with Crippen LogP contribution in [0.2, 0.25) is 0 Å². The summed E-state index contributed by atoms with van der Waals surface area (Å²) in [6.07, 6.45) is 5.63. The Labute approximate surface area is 128 Å². The quantitative estimate of drug-likeness (QED) is 0.616. The van der Waals surface area contributed by atoms with Gasteiger partial charge in [0.1, 0.15) is 5.41 Å². The lowest BCUT2D eigenvalue weighted by molar-refractivity contribution is 0.529. The Kier molecular flexibility index (Phi) is 5.58. The number of rotatable bonds is 7. The molecule has 0 fully saturated rings. The van der Waals surface area contributed by atoms with Crippen LogP contribution in [0.25, 0.3) is 0 Å². The monoisotopic (exact) mass is 277 g/mol. The average Bonchev–Trinajstić information content (AvgIpc) is 2.57. The van der Waals surface area contributed by atoms with Gasteiger partial charge in [0.2, 0.25) is 0 Å². The number of nitrogens with zero attached hydrogens (tertiary/aromatic N) is 1. The van der Waals surface area contributed by atoms with Crippen LogP contribution in [-0.2, 0) is 5.41 Å². The minimum absolute atomic E-state index is 0.518. The van der Waals surface area contributed by atoms with Crippen molar-refractivity contribution < 1.29 is 0 Å². The molecule has 108 valence electrons. The van der Waals surface area contributed by atoms with Gasteiger partial charge in [-0.05, 0) is 17.5 Å². The van der Waals surface area contributed by atoms with E-state index < -0.39 is 5.41 Å². The van der Waals surface area contributed by atoms with Crippen LogP contribution < -0.4 is 0 Å². The minimum Gasteiger partial charge on any atom is -0.197 e. The van der Waals surface area contributed by atoms with Crippen molar-refractivity contribution in [2.24, 2.45) is 0 Å². The zero-order chi connectivity index (χ0) is 15.0. The van der Waals surface area contributed by atoms with Gasteiger partial charge in [-0.3, -0.25) is 0 Å². The number of unbranched alkanes of at least 4 members (excludes halogenated alkanes) is 3. The van der Waals surface area contributed by atoms with Crippen LogP contribution in [0.1, 0.15) is 50.2 Å². The average molecular weight is 277 g/mol. The third-order valence-electron chi connectivity index (χ3n) is 4.13. The largest absolute Gasteiger partial charge is 0.197 e. The second-order valence-corrected chi connectivity index (χ2v) is 5.56. The number of benzene rings is 2. The van der Waals surface area contributed by atoms with Crippen molar-refractivity contribution in [3.8, 4) is 6.07 Å². The molecule has 1 heteroatoms. The normalized spacial score (nSPS) is 11.0. The van der Waals surface area contributed by atoms with Gasteiger partial charge in [0, 0.05) is 0 Å². The summed E-state index contributed by atoms with van der Waals surface area (Å²) in [4.78, 5) is 0. The number of hydrogen-bond donors (Lipinski definition) is 0. The molecule has 0 saturated heterocycles. The highest BCUT2D eigenvalue weighted by Crippen LogP contribution is 2.36. The Hall–Kier alpha value is -2.07. The Morgan fingerprint density at radius 2 is 1.33 bits per heavy atom. The molecule has 0 amide bonds. The van der Waals surface area contributed by atoms with E-state index in [4.69, 9.17) is 0 Å². The molecule has 0 radical (unpaired) electrons. The first-order chi connectivity index (χ1) is 10.3. The maximum Gasteiger partial charge on any atom is 0.107 e. The van der Waals surface area contributed by atoms with Gasteiger partial charge in [-0.15, -0.1) is 0 Å². The van der Waals surface area contributed by atoms with E-state index in [2.05, 4.69) is 37.3 Å². The van der Waals surface area contributed by atoms with Gasteiger partial charge < -0.3 is 0 Å². The van der Waals surface area contributed by atoms with Crippen molar-refractivity contribution in [1.82, 2.24) is 0 Å². The summed E-state index contributed by atoms with van der Waals surface area (Å²) in [5.74, 6) is 0. The Balaban J connectivity index is 2.35. The first-order valence-electron chi connectivity index (χ1n) is 7.86. The molecule has 0 N–H and O–H groups in total. The van der Waals surface area contributed by atoms with E-state index in [1.807, 2.05) is 36.4 Å². The molecule has 0 saturated carbocycles. The molecule has 0 aromatic heterocycles. The predicted octanol–water partition coefficient (Wildman–Crippen LogP) is 5.47. The predicted molar refractivity (Wildman–Crippen MR) is 88.0 cm³/mol. The van der Waals surface area contributed by atoms with Crippen LogP contribution in [0.4, 0.5) is 0 Å². The molecule has 0 aliphatic carbocycles. The van der Waals surface area contributed by atoms with E-state index in [-0.39, 0.29) is 0 Å². The topological polar surface area (TPSA) is 23.8 Å². The molecular formula is C20H23N. The Bertz CT molecular complexity index is 526. The molecule has 0 heterocycles. The zero-order valence-corrected chi connectivity index (χ0v) is 12.8. The molecule has 0 aliphatic heterocycles. The molecule has 1 nitrogen and oxygen atoms in total. The van der Waals surface area contributed by atoms with Gasteiger partial charge in [0.25, 0.3) is 0 Å². The molecule has 0 bridgehead atoms. The summed E-state index contributed by atoms with van der Waals surface area (Å²) in [7, 11) is 0. The van der Waals surface area contributed by atoms with Crippen molar-refractivity contribution in [3.63, 3.8) is 0 Å². The number of nitriles is 1. The van der Waals surface area contributed by atoms with Crippen molar-refractivity contribution >= 4 is 0 Å². The van der Waals surface area contributed by atoms with E-state index in [0.717, 1.165) is 24.0 Å². The molecular weight excluding hydrogens is 254 g/mol. The molecule has 0 atom stereocenters. The third kappa shape index (κ3) is 3.52. The fourth-order valence-corrected chi connectivity index (χ4v) is 2.90. The Morgan fingerprint density at radius 1 is 0.810 bits per heavy atom. The second-order valence-electron chi connectivity index (χ2n) is 5.56. The molecule has 2 rings (SSSR count). The summed E-state index contributed by atoms with van der Waals surface area (Å²) in [5.41, 5.74) is 1.70. The van der Waals surface area contributed by atoms with E-state index in [1.165, 1.54) is 19.3 Å². The van der Waals surface area contributed by atoms with Crippen LogP contribution in [0.15, 0.2) is 60.7 Å². The fourth-order valence-electron chi connectivity index (χ4n) is 2.90. The van der Waals surface area contributed by atoms with Crippen molar-refractivity contribution in [2.45, 2.75) is 44.4 Å². The lowest BCUT2D eigenvalue weighted by Crippen LogP contribution is -2.25. The zero-order valence-electron chi connectivity index (χ0n) is 12.8. The fraction of sp³-hybridized carbons (Fsp3) is 0.350. The van der Waals surface area contributed by atoms with Gasteiger partial charge in [-0.25, -0.2) is 0 Å². The van der Waals surface area contributed by atoms with Crippen molar-refractivity contribution in [2.75, 3.05) is 0 Å². The van der Waals surface area contributed by atoms with Gasteiger partial charge >= 0.3 is 0 Å². The molecule has 0 aliphatic rings. The van der Waals surface area contributed by atoms with E-state index in [1.54, 1.807) is 0 Å². The summed E-state index contributed by atoms with van der Waals surface area (Å²) in [6, 6.07) is 23.1. The summed E-state index contributed by atoms with van der Waals surface area (Å²) in [5, 5.41) is 9.99. The van der Waals surface area contributed by atoms with E-state index in [9.17, 15) is 5.26 Å². The molecule has 0 unspecified atom stereocenters. The van der Waals surface area contributed by atoms with Crippen molar-refractivity contribution in [3.05, 3.63) is 71.8 Å². The summed E-state index contributed by atoms with van der Waals surface area (Å²) >= 11 is 0. The highest BCUT2D eigenvalue weighted by molar-refractivity contribution is 5.45. The first-order valence-corrected chi connectivity index (χ1v) is 7.86.